The highest BCUT2D eigenvalue weighted by Gasteiger charge is 2.27. The number of carbonyl (C=O) groups is 4. The van der Waals surface area contributed by atoms with Gasteiger partial charge < -0.3 is 53.9 Å². The summed E-state index contributed by atoms with van der Waals surface area (Å²) in [6.45, 7) is 6.25. The topological polar surface area (TPSA) is 404 Å². The number of carbonyl (C=O) groups excluding carboxylic acids is 3. The minimum absolute atomic E-state index is 0.0913. The number of carboxylic acids is 1. The maximum Gasteiger partial charge on any atom is 0.345 e. The molecule has 3 aromatic heterocycles. The molecule has 0 saturated heterocycles. The molecule has 1 atom stereocenters. The second-order valence-corrected chi connectivity index (χ2v) is 22.2. The average molecular weight is 1210 g/mol. The molecule has 1 unspecified atom stereocenters. The van der Waals surface area contributed by atoms with E-state index in [4.69, 9.17) is 59.0 Å². The van der Waals surface area contributed by atoms with Gasteiger partial charge in [-0.3, -0.25) is 30.3 Å². The van der Waals surface area contributed by atoms with Crippen molar-refractivity contribution in [3.63, 3.8) is 0 Å². The van der Waals surface area contributed by atoms with Crippen molar-refractivity contribution in [1.82, 2.24) is 44.8 Å². The van der Waals surface area contributed by atoms with Crippen LogP contribution in [0.25, 0.3) is 0 Å². The first kappa shape index (κ1) is 69.1. The highest BCUT2D eigenvalue weighted by molar-refractivity contribution is 7.94. The van der Waals surface area contributed by atoms with Gasteiger partial charge in [-0.05, 0) is 79.7 Å². The molecule has 0 aliphatic carbocycles. The maximum atomic E-state index is 12.5. The van der Waals surface area contributed by atoms with Gasteiger partial charge in [0.15, 0.2) is 5.03 Å². The first-order valence-corrected chi connectivity index (χ1v) is 28.5. The summed E-state index contributed by atoms with van der Waals surface area (Å²) in [5, 5.41) is 29.4. The fraction of sp³-hybridized carbons (Fsp3) is 0.349. The number of methoxy groups -OCH3 is 3. The highest BCUT2D eigenvalue weighted by atomic mass is 35.5. The number of benzene rings is 2. The van der Waals surface area contributed by atoms with Crippen molar-refractivity contribution in [2.45, 2.75) is 31.8 Å². The van der Waals surface area contributed by atoms with E-state index in [0.717, 1.165) is 19.7 Å². The highest BCUT2D eigenvalue weighted by Crippen LogP contribution is 2.34. The summed E-state index contributed by atoms with van der Waals surface area (Å²) in [6, 6.07) is 11.5. The molecule has 2 aromatic carbocycles. The van der Waals surface area contributed by atoms with Crippen molar-refractivity contribution in [3.8, 4) is 23.3 Å². The lowest BCUT2D eigenvalue weighted by Crippen LogP contribution is -2.36. The Bertz CT molecular complexity index is 2960. The number of nitro groups is 1. The van der Waals surface area contributed by atoms with E-state index in [1.807, 2.05) is 26.1 Å². The smallest absolute Gasteiger partial charge is 0.345 e. The third-order valence-corrected chi connectivity index (χ3v) is 10.5. The normalized spacial score (nSPS) is 11.1. The number of nitro benzene ring substituents is 1. The molecule has 0 aliphatic rings. The van der Waals surface area contributed by atoms with E-state index in [-0.39, 0.29) is 56.6 Å². The summed E-state index contributed by atoms with van der Waals surface area (Å²) >= 11 is 17.5. The Morgan fingerprint density at radius 2 is 1.49 bits per heavy atom. The molecule has 29 nitrogen and oxygen atoms in total. The van der Waals surface area contributed by atoms with Crippen LogP contribution in [0.4, 0.5) is 28.3 Å². The van der Waals surface area contributed by atoms with Gasteiger partial charge in [0, 0.05) is 50.0 Å². The number of halogens is 3. The number of esters is 1. The number of anilines is 3. The molecule has 0 bridgehead atoms. The first-order chi connectivity index (χ1) is 36.4. The van der Waals surface area contributed by atoms with Crippen LogP contribution in [-0.4, -0.2) is 162 Å². The van der Waals surface area contributed by atoms with E-state index in [2.05, 4.69) is 69.4 Å². The second kappa shape index (κ2) is 34.0. The Hall–Kier alpha value is -6.96. The van der Waals surface area contributed by atoms with Crippen LogP contribution in [0, 0.1) is 10.1 Å². The molecule has 5 aromatic rings. The molecule has 0 saturated carbocycles. The number of hydrogen-bond acceptors (Lipinski definition) is 23. The van der Waals surface area contributed by atoms with Crippen molar-refractivity contribution in [2.75, 3.05) is 89.5 Å². The number of rotatable bonds is 18. The molecular weight excluding hydrogens is 1160 g/mol. The maximum absolute atomic E-state index is 12.5. The van der Waals surface area contributed by atoms with Gasteiger partial charge in [0.1, 0.15) is 24.7 Å². The zero-order chi connectivity index (χ0) is 59.5. The number of pyridine rings is 1. The monoisotopic (exact) mass is 1210 g/mol. The summed E-state index contributed by atoms with van der Waals surface area (Å²) in [5.74, 6) is -1.17. The lowest BCUT2D eigenvalue weighted by molar-refractivity contribution is -0.385. The third kappa shape index (κ3) is 26.9. The number of aromatic nitrogens is 6. The van der Waals surface area contributed by atoms with Gasteiger partial charge in [-0.25, -0.2) is 19.3 Å². The van der Waals surface area contributed by atoms with Crippen molar-refractivity contribution < 1.29 is 70.9 Å². The zero-order valence-corrected chi connectivity index (χ0v) is 48.4. The van der Waals surface area contributed by atoms with Crippen molar-refractivity contribution in [1.29, 1.82) is 0 Å². The summed E-state index contributed by atoms with van der Waals surface area (Å²) < 4.78 is 56.7. The number of ether oxygens (including phenoxy) is 4. The molecule has 7 N–H and O–H groups in total. The van der Waals surface area contributed by atoms with E-state index in [1.165, 1.54) is 75.8 Å². The summed E-state index contributed by atoms with van der Waals surface area (Å²) in [7, 11) is -1.42. The van der Waals surface area contributed by atoms with E-state index in [0.29, 0.717) is 33.6 Å². The van der Waals surface area contributed by atoms with Gasteiger partial charge in [-0.15, -0.1) is 0 Å². The van der Waals surface area contributed by atoms with Crippen LogP contribution in [0.5, 0.6) is 23.3 Å². The second-order valence-electron chi connectivity index (χ2n) is 15.4. The molecule has 3 amide bonds. The number of amides is 3. The molecule has 3 heterocycles. The van der Waals surface area contributed by atoms with Crippen LogP contribution >= 0.6 is 42.4 Å². The van der Waals surface area contributed by atoms with Gasteiger partial charge in [0.25, 0.3) is 21.6 Å². The van der Waals surface area contributed by atoms with Gasteiger partial charge in [0.2, 0.25) is 34.9 Å². The quantitative estimate of drug-likeness (QED) is 0.0199. The SMILES string of the molecule is CCNc1nc(Cl)nc(NC(C)C)n1.COC(=O)c1cc(Oc2ccc(Cl)cc2Cl)ccc1[N+](=O)[O-].COc1cc(OC)nc(NC(=O)NS(=O)(=O)c2ncccc2C(=O)N(C)C)n1.C[S+](C)C.O=C(O)CNCP(=O)([O-])O. The lowest BCUT2D eigenvalue weighted by Gasteiger charge is -2.14. The van der Waals surface area contributed by atoms with Crippen molar-refractivity contribution in [2.24, 2.45) is 0 Å². The molecule has 428 valence electrons. The van der Waals surface area contributed by atoms with Gasteiger partial charge in [-0.1, -0.05) is 23.2 Å². The Kier molecular flexibility index (Phi) is 30.1. The van der Waals surface area contributed by atoms with Crippen LogP contribution in [0.2, 0.25) is 15.3 Å². The fourth-order valence-electron chi connectivity index (χ4n) is 4.89. The van der Waals surface area contributed by atoms with Crippen LogP contribution in [0.15, 0.2) is 65.8 Å². The van der Waals surface area contributed by atoms with Crippen molar-refractivity contribution in [3.05, 3.63) is 97.4 Å². The minimum atomic E-state index is -4.46. The van der Waals surface area contributed by atoms with Crippen LogP contribution in [-0.2, 0) is 35.0 Å². The molecule has 35 heteroatoms. The number of urea groups is 1. The van der Waals surface area contributed by atoms with E-state index >= 15 is 0 Å². The minimum Gasteiger partial charge on any atom is -0.778 e. The molecule has 0 radical (unpaired) electrons. The Morgan fingerprint density at radius 3 is 1.99 bits per heavy atom. The standard InChI is InChI=1S/C15H18N6O6S.C14H9Cl2NO5.C8H14ClN5.C3H8NO5P.C3H9S/c1-21(2)13(22)9-6-5-7-16-12(9)28(24,25)20-15(23)19-14-17-10(26-3)8-11(18-14)27-4;1-21-14(18)10-7-9(3-4-12(10)17(19)20)22-13-5-2-8(15)6-11(13)16;1-4-10-7-12-6(9)13-8(14-7)11-5(2)3;5-3(6)1-4-2-10(7,8)9;1-4(2)3/h5-8H,1-4H3,(H2,17,18,19,20,23);2-7H,1H3;5H,4H2,1-3H3,(H2,10,11,12,13,14);4H,1-2H2,(H,5,6)(H2,7,8,9);1-3H3/q;;;;+1/p-1. The first-order valence-electron chi connectivity index (χ1n) is 21.7. The van der Waals surface area contributed by atoms with Gasteiger partial charge >= 0.3 is 18.0 Å². The van der Waals surface area contributed by atoms with Gasteiger partial charge in [-0.2, -0.15) is 33.3 Å². The number of nitrogens with one attached hydrogen (secondary N) is 5. The van der Waals surface area contributed by atoms with Gasteiger partial charge in [0.05, 0.1) is 74.5 Å². The Labute approximate surface area is 466 Å². The fourth-order valence-corrected chi connectivity index (χ4v) is 6.92. The summed E-state index contributed by atoms with van der Waals surface area (Å²) in [6.07, 6.45) is 7.06. The number of nitrogens with zero attached hydrogens (tertiary/aromatic N) is 8. The molecule has 0 spiro atoms. The molecular formula is C43H57Cl3N13O16PS2. The van der Waals surface area contributed by atoms with E-state index in [1.54, 1.807) is 16.9 Å². The predicted octanol–water partition coefficient (Wildman–Crippen LogP) is 5.02. The van der Waals surface area contributed by atoms with Crippen LogP contribution in [0.3, 0.4) is 0 Å². The Balaban J connectivity index is 0.000000539. The van der Waals surface area contributed by atoms with E-state index in [9.17, 15) is 47.2 Å². The third-order valence-electron chi connectivity index (χ3n) is 7.85. The number of carboxylic acid groups (broad SMARTS) is 1. The van der Waals surface area contributed by atoms with Crippen LogP contribution in [0.1, 0.15) is 41.5 Å². The predicted molar refractivity (Wildman–Crippen MR) is 291 cm³/mol. The Morgan fingerprint density at radius 1 is 0.885 bits per heavy atom. The molecule has 78 heavy (non-hydrogen) atoms. The number of hydrogen-bond donors (Lipinski definition) is 7. The average Bonchev–Trinajstić information content (AvgIpc) is 3.33. The molecule has 0 fully saturated rings. The number of sulfonamides is 1. The molecule has 0 aliphatic heterocycles. The zero-order valence-electron chi connectivity index (χ0n) is 43.6. The summed E-state index contributed by atoms with van der Waals surface area (Å²) in [4.78, 5) is 98.6. The van der Waals surface area contributed by atoms with Crippen LogP contribution < -0.4 is 45.1 Å². The van der Waals surface area contributed by atoms with E-state index < -0.39 is 64.3 Å². The largest absolute Gasteiger partial charge is 0.778 e. The number of aliphatic carboxylic acids is 1. The molecule has 5 rings (SSSR count). The lowest BCUT2D eigenvalue weighted by atomic mass is 10.1. The summed E-state index contributed by atoms with van der Waals surface area (Å²) in [5.41, 5.74) is -0.774. The van der Waals surface area contributed by atoms with Crippen molar-refractivity contribution >= 4 is 111 Å².